The third-order valence-corrected chi connectivity index (χ3v) is 4.38. The number of halogens is 1. The van der Waals surface area contributed by atoms with Crippen LogP contribution in [0.2, 0.25) is 5.02 Å². The summed E-state index contributed by atoms with van der Waals surface area (Å²) in [6.45, 7) is 8.28. The maximum absolute atomic E-state index is 12.2. The van der Waals surface area contributed by atoms with Crippen LogP contribution in [0.15, 0.2) is 23.6 Å². The van der Waals surface area contributed by atoms with Crippen LogP contribution in [0.5, 0.6) is 0 Å². The van der Waals surface area contributed by atoms with Crippen LogP contribution in [0.4, 0.5) is 0 Å². The highest BCUT2D eigenvalue weighted by Crippen LogP contribution is 2.25. The van der Waals surface area contributed by atoms with E-state index in [0.29, 0.717) is 17.0 Å². The van der Waals surface area contributed by atoms with Gasteiger partial charge < -0.3 is 0 Å². The Hall–Kier alpha value is -1.19. The Morgan fingerprint density at radius 2 is 2.05 bits per heavy atom. The highest BCUT2D eigenvalue weighted by atomic mass is 35.5. The van der Waals surface area contributed by atoms with Gasteiger partial charge in [0.25, 0.3) is 0 Å². The molecule has 0 radical (unpaired) electrons. The molecule has 0 aliphatic heterocycles. The van der Waals surface area contributed by atoms with E-state index in [1.807, 2.05) is 24.4 Å². The van der Waals surface area contributed by atoms with Crippen LogP contribution in [0.1, 0.15) is 47.4 Å². The molecule has 1 aromatic carbocycles. The number of benzene rings is 1. The van der Waals surface area contributed by atoms with Crippen LogP contribution in [0.3, 0.4) is 0 Å². The summed E-state index contributed by atoms with van der Waals surface area (Å²) in [5, 5.41) is 3.52. The lowest BCUT2D eigenvalue weighted by atomic mass is 9.93. The van der Waals surface area contributed by atoms with Gasteiger partial charge in [0.1, 0.15) is 5.01 Å². The van der Waals surface area contributed by atoms with Crippen molar-refractivity contribution in [1.29, 1.82) is 0 Å². The summed E-state index contributed by atoms with van der Waals surface area (Å²) in [6.07, 6.45) is 0.333. The molecule has 0 unspecified atom stereocenters. The van der Waals surface area contributed by atoms with Crippen LogP contribution < -0.4 is 0 Å². The number of thiazole rings is 1. The van der Waals surface area contributed by atoms with E-state index in [-0.39, 0.29) is 11.2 Å². The van der Waals surface area contributed by atoms with Crippen LogP contribution in [-0.2, 0) is 11.8 Å². The molecular formula is C16H18ClNOS. The number of rotatable bonds is 3. The summed E-state index contributed by atoms with van der Waals surface area (Å²) in [7, 11) is 0. The molecule has 0 aliphatic carbocycles. The van der Waals surface area contributed by atoms with E-state index in [1.165, 1.54) is 0 Å². The minimum Gasteiger partial charge on any atom is -0.294 e. The molecule has 0 spiro atoms. The van der Waals surface area contributed by atoms with Crippen molar-refractivity contribution in [3.63, 3.8) is 0 Å². The summed E-state index contributed by atoms with van der Waals surface area (Å²) < 4.78 is 0. The molecule has 0 saturated heterocycles. The zero-order chi connectivity index (χ0) is 14.9. The molecule has 0 aliphatic rings. The SMILES string of the molecule is Cc1ccc(C(=O)Cc2nc(C(C)(C)C)cs2)cc1Cl. The minimum absolute atomic E-state index is 0.0188. The first kappa shape index (κ1) is 15.2. The third kappa shape index (κ3) is 3.47. The average molecular weight is 308 g/mol. The van der Waals surface area contributed by atoms with E-state index in [2.05, 4.69) is 25.8 Å². The van der Waals surface area contributed by atoms with Gasteiger partial charge in [0, 0.05) is 21.4 Å². The number of aromatic nitrogens is 1. The molecule has 2 rings (SSSR count). The number of ketones is 1. The normalized spacial score (nSPS) is 11.7. The molecular weight excluding hydrogens is 290 g/mol. The molecule has 0 N–H and O–H groups in total. The van der Waals surface area contributed by atoms with E-state index in [9.17, 15) is 4.79 Å². The lowest BCUT2D eigenvalue weighted by Crippen LogP contribution is -2.12. The Labute approximate surface area is 128 Å². The first-order valence-electron chi connectivity index (χ1n) is 6.51. The molecule has 0 atom stereocenters. The van der Waals surface area contributed by atoms with Gasteiger partial charge in [0.05, 0.1) is 12.1 Å². The van der Waals surface area contributed by atoms with Crippen molar-refractivity contribution in [2.75, 3.05) is 0 Å². The standard InChI is InChI=1S/C16H18ClNOS/c1-10-5-6-11(7-12(10)17)13(19)8-15-18-14(9-20-15)16(2,3)4/h5-7,9H,8H2,1-4H3. The largest absolute Gasteiger partial charge is 0.294 e. The summed E-state index contributed by atoms with van der Waals surface area (Å²) >= 11 is 7.60. The van der Waals surface area contributed by atoms with E-state index >= 15 is 0 Å². The molecule has 20 heavy (non-hydrogen) atoms. The lowest BCUT2D eigenvalue weighted by Gasteiger charge is -2.14. The summed E-state index contributed by atoms with van der Waals surface area (Å²) in [6, 6.07) is 5.43. The van der Waals surface area contributed by atoms with Crippen molar-refractivity contribution in [2.24, 2.45) is 0 Å². The van der Waals surface area contributed by atoms with Crippen molar-refractivity contribution in [3.8, 4) is 0 Å². The fraction of sp³-hybridized carbons (Fsp3) is 0.375. The van der Waals surface area contributed by atoms with Crippen LogP contribution in [-0.4, -0.2) is 10.8 Å². The van der Waals surface area contributed by atoms with Crippen LogP contribution >= 0.6 is 22.9 Å². The summed E-state index contributed by atoms with van der Waals surface area (Å²) in [5.74, 6) is 0.0571. The fourth-order valence-corrected chi connectivity index (χ4v) is 2.94. The van der Waals surface area contributed by atoms with Gasteiger partial charge >= 0.3 is 0 Å². The maximum atomic E-state index is 12.2. The van der Waals surface area contributed by atoms with E-state index in [4.69, 9.17) is 11.6 Å². The average Bonchev–Trinajstić information content (AvgIpc) is 2.81. The zero-order valence-corrected chi connectivity index (χ0v) is 13.7. The zero-order valence-electron chi connectivity index (χ0n) is 12.2. The van der Waals surface area contributed by atoms with Crippen molar-refractivity contribution in [2.45, 2.75) is 39.5 Å². The molecule has 0 bridgehead atoms. The monoisotopic (exact) mass is 307 g/mol. The predicted molar refractivity (Wildman–Crippen MR) is 85.0 cm³/mol. The van der Waals surface area contributed by atoms with Gasteiger partial charge in [-0.3, -0.25) is 4.79 Å². The van der Waals surface area contributed by atoms with Gasteiger partial charge in [-0.1, -0.05) is 44.5 Å². The number of hydrogen-bond acceptors (Lipinski definition) is 3. The number of nitrogens with zero attached hydrogens (tertiary/aromatic N) is 1. The quantitative estimate of drug-likeness (QED) is 0.760. The smallest absolute Gasteiger partial charge is 0.169 e. The molecule has 0 saturated carbocycles. The first-order valence-corrected chi connectivity index (χ1v) is 7.77. The maximum Gasteiger partial charge on any atom is 0.169 e. The number of carbonyl (C=O) groups is 1. The molecule has 0 fully saturated rings. The van der Waals surface area contributed by atoms with Gasteiger partial charge in [0.15, 0.2) is 5.78 Å². The number of carbonyl (C=O) groups excluding carboxylic acids is 1. The number of aryl methyl sites for hydroxylation is 1. The number of hydrogen-bond donors (Lipinski definition) is 0. The van der Waals surface area contributed by atoms with Crippen molar-refractivity contribution in [3.05, 3.63) is 50.4 Å². The van der Waals surface area contributed by atoms with E-state index < -0.39 is 0 Å². The molecule has 1 heterocycles. The van der Waals surface area contributed by atoms with Gasteiger partial charge in [-0.05, 0) is 18.6 Å². The second-order valence-electron chi connectivity index (χ2n) is 5.94. The fourth-order valence-electron chi connectivity index (χ4n) is 1.74. The molecule has 0 amide bonds. The lowest BCUT2D eigenvalue weighted by molar-refractivity contribution is 0.0993. The second kappa shape index (κ2) is 5.66. The van der Waals surface area contributed by atoms with Gasteiger partial charge in [-0.2, -0.15) is 0 Å². The summed E-state index contributed by atoms with van der Waals surface area (Å²) in [4.78, 5) is 16.8. The predicted octanol–water partition coefficient (Wildman–Crippen LogP) is 4.83. The van der Waals surface area contributed by atoms with Crippen molar-refractivity contribution >= 4 is 28.7 Å². The van der Waals surface area contributed by atoms with Gasteiger partial charge in [0.2, 0.25) is 0 Å². The minimum atomic E-state index is 0.0188. The third-order valence-electron chi connectivity index (χ3n) is 3.13. The Morgan fingerprint density at radius 1 is 1.35 bits per heavy atom. The second-order valence-corrected chi connectivity index (χ2v) is 7.29. The first-order chi connectivity index (χ1) is 9.27. The van der Waals surface area contributed by atoms with Crippen molar-refractivity contribution < 1.29 is 4.79 Å². The van der Waals surface area contributed by atoms with Crippen molar-refractivity contribution in [1.82, 2.24) is 4.98 Å². The highest BCUT2D eigenvalue weighted by molar-refractivity contribution is 7.09. The Kier molecular flexibility index (Phi) is 4.31. The molecule has 2 nitrogen and oxygen atoms in total. The molecule has 1 aromatic heterocycles. The van der Waals surface area contributed by atoms with Crippen LogP contribution in [0.25, 0.3) is 0 Å². The van der Waals surface area contributed by atoms with Gasteiger partial charge in [-0.15, -0.1) is 11.3 Å². The van der Waals surface area contributed by atoms with E-state index in [1.54, 1.807) is 17.4 Å². The topological polar surface area (TPSA) is 30.0 Å². The summed E-state index contributed by atoms with van der Waals surface area (Å²) in [5.41, 5.74) is 2.68. The molecule has 106 valence electrons. The number of Topliss-reactive ketones (excluding diaryl/α,β-unsaturated/α-hetero) is 1. The molecule has 2 aromatic rings. The van der Waals surface area contributed by atoms with E-state index in [0.717, 1.165) is 16.3 Å². The molecule has 4 heteroatoms. The Bertz CT molecular complexity index is 640. The van der Waals surface area contributed by atoms with Crippen LogP contribution in [0, 0.1) is 6.92 Å². The highest BCUT2D eigenvalue weighted by Gasteiger charge is 2.18. The van der Waals surface area contributed by atoms with Gasteiger partial charge in [-0.25, -0.2) is 4.98 Å². The Balaban J connectivity index is 2.15. The Morgan fingerprint density at radius 3 is 2.60 bits per heavy atom.